The van der Waals surface area contributed by atoms with Gasteiger partial charge in [-0.3, -0.25) is 9.59 Å². The van der Waals surface area contributed by atoms with Crippen LogP contribution in [-0.4, -0.2) is 59.9 Å². The minimum Gasteiger partial charge on any atom is -0.481 e. The van der Waals surface area contributed by atoms with E-state index in [0.717, 1.165) is 0 Å². The first-order valence-corrected chi connectivity index (χ1v) is 3.56. The van der Waals surface area contributed by atoms with Gasteiger partial charge in [0.05, 0.1) is 0 Å². The zero-order valence-electron chi connectivity index (χ0n) is 6.95. The second kappa shape index (κ2) is 9.29. The van der Waals surface area contributed by atoms with Gasteiger partial charge >= 0.3 is 11.9 Å². The molecular formula is C7H12CaO4. The van der Waals surface area contributed by atoms with Crippen LogP contribution >= 0.6 is 0 Å². The van der Waals surface area contributed by atoms with E-state index >= 15 is 0 Å². The summed E-state index contributed by atoms with van der Waals surface area (Å²) in [5.41, 5.74) is 0. The number of hydrogen-bond donors (Lipinski definition) is 2. The Kier molecular flexibility index (Phi) is 11.4. The van der Waals surface area contributed by atoms with Crippen LogP contribution in [0.5, 0.6) is 0 Å². The van der Waals surface area contributed by atoms with Crippen molar-refractivity contribution in [3.8, 4) is 0 Å². The Morgan fingerprint density at radius 3 is 1.42 bits per heavy atom. The van der Waals surface area contributed by atoms with Crippen molar-refractivity contribution in [2.75, 3.05) is 0 Å². The van der Waals surface area contributed by atoms with Crippen molar-refractivity contribution < 1.29 is 19.8 Å². The van der Waals surface area contributed by atoms with E-state index in [1.165, 1.54) is 0 Å². The topological polar surface area (TPSA) is 74.6 Å². The number of carboxylic acid groups (broad SMARTS) is 2. The molecule has 0 rings (SSSR count). The number of carbonyl (C=O) groups is 2. The molecule has 66 valence electrons. The van der Waals surface area contributed by atoms with E-state index in [0.29, 0.717) is 19.3 Å². The van der Waals surface area contributed by atoms with E-state index in [-0.39, 0.29) is 50.6 Å². The van der Waals surface area contributed by atoms with Crippen LogP contribution in [0.2, 0.25) is 0 Å². The first-order valence-electron chi connectivity index (χ1n) is 3.56. The second-order valence-electron chi connectivity index (χ2n) is 2.35. The van der Waals surface area contributed by atoms with E-state index < -0.39 is 11.9 Å². The number of aliphatic carboxylic acids is 2. The van der Waals surface area contributed by atoms with Crippen molar-refractivity contribution in [1.29, 1.82) is 0 Å². The molecule has 4 nitrogen and oxygen atoms in total. The normalized spacial score (nSPS) is 8.67. The SMILES string of the molecule is O=C(O)CCCCCC(=O)O.[Ca]. The van der Waals surface area contributed by atoms with Gasteiger partial charge in [-0.25, -0.2) is 0 Å². The third-order valence-electron chi connectivity index (χ3n) is 1.28. The van der Waals surface area contributed by atoms with Gasteiger partial charge in [-0.1, -0.05) is 6.42 Å². The summed E-state index contributed by atoms with van der Waals surface area (Å²) >= 11 is 0. The van der Waals surface area contributed by atoms with Crippen molar-refractivity contribution in [3.05, 3.63) is 0 Å². The van der Waals surface area contributed by atoms with E-state index in [4.69, 9.17) is 10.2 Å². The Morgan fingerprint density at radius 2 is 1.17 bits per heavy atom. The third-order valence-corrected chi connectivity index (χ3v) is 1.28. The molecule has 0 saturated carbocycles. The molecule has 0 unspecified atom stereocenters. The van der Waals surface area contributed by atoms with Crippen LogP contribution in [0.15, 0.2) is 0 Å². The quantitative estimate of drug-likeness (QED) is 0.489. The first kappa shape index (κ1) is 14.7. The van der Waals surface area contributed by atoms with Crippen molar-refractivity contribution >= 4 is 49.7 Å². The molecule has 0 aromatic heterocycles. The summed E-state index contributed by atoms with van der Waals surface area (Å²) in [6.45, 7) is 0. The summed E-state index contributed by atoms with van der Waals surface area (Å²) in [7, 11) is 0. The number of carboxylic acids is 2. The van der Waals surface area contributed by atoms with E-state index in [9.17, 15) is 9.59 Å². The Bertz CT molecular complexity index is 130. The van der Waals surface area contributed by atoms with Crippen molar-refractivity contribution in [2.45, 2.75) is 32.1 Å². The second-order valence-corrected chi connectivity index (χ2v) is 2.35. The van der Waals surface area contributed by atoms with Gasteiger partial charge in [-0.05, 0) is 12.8 Å². The molecule has 0 fully saturated rings. The fourth-order valence-corrected chi connectivity index (χ4v) is 0.729. The summed E-state index contributed by atoms with van der Waals surface area (Å²) in [5.74, 6) is -1.64. The third kappa shape index (κ3) is 12.8. The molecular weight excluding hydrogens is 188 g/mol. The van der Waals surface area contributed by atoms with Crippen molar-refractivity contribution in [1.82, 2.24) is 0 Å². The molecule has 0 bridgehead atoms. The summed E-state index contributed by atoms with van der Waals surface area (Å²) < 4.78 is 0. The summed E-state index contributed by atoms with van der Waals surface area (Å²) in [6, 6.07) is 0. The molecule has 0 aliphatic heterocycles. The van der Waals surface area contributed by atoms with Crippen LogP contribution in [0.1, 0.15) is 32.1 Å². The van der Waals surface area contributed by atoms with Crippen LogP contribution in [0.25, 0.3) is 0 Å². The number of rotatable bonds is 6. The molecule has 0 spiro atoms. The van der Waals surface area contributed by atoms with Gasteiger partial charge < -0.3 is 10.2 Å². The molecule has 0 aliphatic rings. The Balaban J connectivity index is 0. The molecule has 0 aromatic carbocycles. The average Bonchev–Trinajstić information content (AvgIpc) is 1.85. The molecule has 2 radical (unpaired) electrons. The van der Waals surface area contributed by atoms with Crippen LogP contribution in [0.4, 0.5) is 0 Å². The zero-order valence-corrected chi connectivity index (χ0v) is 9.16. The molecule has 12 heavy (non-hydrogen) atoms. The minimum absolute atomic E-state index is 0. The van der Waals surface area contributed by atoms with Gasteiger partial charge in [0.25, 0.3) is 0 Å². The smallest absolute Gasteiger partial charge is 0.303 e. The summed E-state index contributed by atoms with van der Waals surface area (Å²) in [4.78, 5) is 20.0. The van der Waals surface area contributed by atoms with Crippen molar-refractivity contribution in [3.63, 3.8) is 0 Å². The molecule has 5 heteroatoms. The fourth-order valence-electron chi connectivity index (χ4n) is 0.729. The first-order chi connectivity index (χ1) is 5.13. The summed E-state index contributed by atoms with van der Waals surface area (Å²) in [5, 5.41) is 16.4. The molecule has 0 amide bonds. The van der Waals surface area contributed by atoms with Gasteiger partial charge in [0.15, 0.2) is 0 Å². The van der Waals surface area contributed by atoms with Gasteiger partial charge in [0, 0.05) is 50.6 Å². The molecule has 0 saturated heterocycles. The van der Waals surface area contributed by atoms with Crippen LogP contribution < -0.4 is 0 Å². The van der Waals surface area contributed by atoms with E-state index in [2.05, 4.69) is 0 Å². The predicted octanol–water partition coefficient (Wildman–Crippen LogP) is 0.725. The maximum atomic E-state index is 9.98. The maximum absolute atomic E-state index is 9.98. The Morgan fingerprint density at radius 1 is 0.833 bits per heavy atom. The van der Waals surface area contributed by atoms with Crippen molar-refractivity contribution in [2.24, 2.45) is 0 Å². The van der Waals surface area contributed by atoms with Crippen LogP contribution in [-0.2, 0) is 9.59 Å². The Hall–Kier alpha value is 0.200. The van der Waals surface area contributed by atoms with Gasteiger partial charge in [0.2, 0.25) is 0 Å². The molecule has 0 atom stereocenters. The number of unbranched alkanes of at least 4 members (excludes halogenated alkanes) is 2. The molecule has 2 N–H and O–H groups in total. The molecule has 0 aliphatic carbocycles. The zero-order chi connectivity index (χ0) is 8.69. The maximum Gasteiger partial charge on any atom is 0.303 e. The van der Waals surface area contributed by atoms with Crippen LogP contribution in [0, 0.1) is 0 Å². The average molecular weight is 200 g/mol. The summed E-state index contributed by atoms with van der Waals surface area (Å²) in [6.07, 6.45) is 2.10. The molecule has 0 aromatic rings. The fraction of sp³-hybridized carbons (Fsp3) is 0.714. The van der Waals surface area contributed by atoms with E-state index in [1.807, 2.05) is 0 Å². The van der Waals surface area contributed by atoms with E-state index in [1.54, 1.807) is 0 Å². The Labute approximate surface area is 101 Å². The standard InChI is InChI=1S/C7H12O4.Ca/c8-6(9)4-2-1-3-5-7(10)11;/h1-5H2,(H,8,9)(H,10,11);. The van der Waals surface area contributed by atoms with Crippen LogP contribution in [0.3, 0.4) is 0 Å². The van der Waals surface area contributed by atoms with Gasteiger partial charge in [-0.2, -0.15) is 0 Å². The molecule has 0 heterocycles. The predicted molar refractivity (Wildman–Crippen MR) is 44.1 cm³/mol. The minimum atomic E-state index is -0.819. The monoisotopic (exact) mass is 200 g/mol. The largest absolute Gasteiger partial charge is 0.481 e. The number of hydrogen-bond acceptors (Lipinski definition) is 2. The van der Waals surface area contributed by atoms with Gasteiger partial charge in [0.1, 0.15) is 0 Å². The van der Waals surface area contributed by atoms with Gasteiger partial charge in [-0.15, -0.1) is 0 Å².